The van der Waals surface area contributed by atoms with E-state index in [0.29, 0.717) is 0 Å². The number of allylic oxidation sites excluding steroid dienone is 3. The van der Waals surface area contributed by atoms with E-state index in [0.717, 1.165) is 13.8 Å². The summed E-state index contributed by atoms with van der Waals surface area (Å²) < 4.78 is 2.22. The standard InChI is InChI=1S/C8H7BrIN/c1-3-8-7(10)4-6(9)5-11(8)2/h4-5H,1H2,2H3. The van der Waals surface area contributed by atoms with Crippen molar-refractivity contribution in [1.29, 1.82) is 0 Å². The van der Waals surface area contributed by atoms with Gasteiger partial charge in [-0.1, -0.05) is 6.58 Å². The van der Waals surface area contributed by atoms with Gasteiger partial charge in [-0.3, -0.25) is 0 Å². The summed E-state index contributed by atoms with van der Waals surface area (Å²) in [6.07, 6.45) is 4.02. The highest BCUT2D eigenvalue weighted by molar-refractivity contribution is 14.1. The van der Waals surface area contributed by atoms with Crippen molar-refractivity contribution in [2.75, 3.05) is 7.05 Å². The number of hydrogen-bond acceptors (Lipinski definition) is 1. The molecule has 0 aromatic heterocycles. The Bertz CT molecular complexity index is 284. The van der Waals surface area contributed by atoms with Crippen LogP contribution in [0.3, 0.4) is 0 Å². The van der Waals surface area contributed by atoms with Gasteiger partial charge >= 0.3 is 0 Å². The van der Waals surface area contributed by atoms with Crippen LogP contribution in [0.2, 0.25) is 0 Å². The molecule has 0 bridgehead atoms. The van der Waals surface area contributed by atoms with Crippen LogP contribution in [0.5, 0.6) is 0 Å². The largest absolute Gasteiger partial charge is 0.343 e. The van der Waals surface area contributed by atoms with Gasteiger partial charge in [0, 0.05) is 21.3 Å². The molecule has 0 unspecified atom stereocenters. The highest BCUT2D eigenvalue weighted by Gasteiger charge is 2.10. The molecule has 1 nitrogen and oxygen atoms in total. The fourth-order valence-electron chi connectivity index (χ4n) is 0.854. The molecule has 0 N–H and O–H groups in total. The van der Waals surface area contributed by atoms with Gasteiger partial charge in [0.05, 0.1) is 5.70 Å². The molecule has 0 radical (unpaired) electrons. The van der Waals surface area contributed by atoms with Crippen LogP contribution in [-0.4, -0.2) is 11.9 Å². The van der Waals surface area contributed by atoms with Gasteiger partial charge in [-0.05, 0) is 44.6 Å². The van der Waals surface area contributed by atoms with E-state index in [9.17, 15) is 0 Å². The van der Waals surface area contributed by atoms with Crippen molar-refractivity contribution in [3.63, 3.8) is 0 Å². The molecule has 58 valence electrons. The number of nitrogens with zero attached hydrogens (tertiary/aromatic N) is 1. The van der Waals surface area contributed by atoms with Crippen LogP contribution < -0.4 is 0 Å². The third-order valence-electron chi connectivity index (χ3n) is 1.33. The fraction of sp³-hybridized carbons (Fsp3) is 0.125. The quantitative estimate of drug-likeness (QED) is 0.489. The maximum atomic E-state index is 3.62. The zero-order valence-electron chi connectivity index (χ0n) is 6.06. The van der Waals surface area contributed by atoms with Crippen LogP contribution in [0.4, 0.5) is 0 Å². The lowest BCUT2D eigenvalue weighted by Gasteiger charge is -2.20. The van der Waals surface area contributed by atoms with Gasteiger partial charge in [-0.25, -0.2) is 0 Å². The first kappa shape index (κ1) is 9.10. The summed E-state index contributed by atoms with van der Waals surface area (Å²) >= 11 is 5.66. The second-order valence-corrected chi connectivity index (χ2v) is 4.22. The lowest BCUT2D eigenvalue weighted by Crippen LogP contribution is -2.12. The van der Waals surface area contributed by atoms with Crippen LogP contribution in [0.1, 0.15) is 0 Å². The predicted octanol–water partition coefficient (Wildman–Crippen LogP) is 3.16. The summed E-state index contributed by atoms with van der Waals surface area (Å²) in [4.78, 5) is 1.98. The third kappa shape index (κ3) is 1.98. The van der Waals surface area contributed by atoms with Gasteiger partial charge in [0.2, 0.25) is 0 Å². The Hall–Kier alpha value is 0.01000. The number of hydrogen-bond donors (Lipinski definition) is 0. The maximum Gasteiger partial charge on any atom is 0.0967 e. The molecule has 1 heterocycles. The van der Waals surface area contributed by atoms with E-state index in [4.69, 9.17) is 0 Å². The zero-order chi connectivity index (χ0) is 8.43. The minimum absolute atomic E-state index is 1.02. The monoisotopic (exact) mass is 323 g/mol. The molecular weight excluding hydrogens is 317 g/mol. The number of likely N-dealkylation sites (N-methyl/N-ethyl adjacent to an activating group) is 1. The van der Waals surface area contributed by atoms with E-state index in [1.165, 1.54) is 0 Å². The molecule has 0 aliphatic carbocycles. The highest BCUT2D eigenvalue weighted by Crippen LogP contribution is 2.28. The molecule has 0 amide bonds. The number of halogens is 2. The summed E-state index contributed by atoms with van der Waals surface area (Å²) in [5, 5.41) is 0. The van der Waals surface area contributed by atoms with Crippen LogP contribution in [0.15, 0.2) is 38.3 Å². The lowest BCUT2D eigenvalue weighted by atomic mass is 10.3. The van der Waals surface area contributed by atoms with Crippen molar-refractivity contribution in [1.82, 2.24) is 4.90 Å². The summed E-state index contributed by atoms with van der Waals surface area (Å²) in [5.74, 6) is 0. The molecular formula is C8H7BrIN. The Morgan fingerprint density at radius 3 is 2.82 bits per heavy atom. The highest BCUT2D eigenvalue weighted by atomic mass is 127. The second-order valence-electron chi connectivity index (χ2n) is 2.14. The van der Waals surface area contributed by atoms with E-state index in [2.05, 4.69) is 50.8 Å². The summed E-state index contributed by atoms with van der Waals surface area (Å²) in [5.41, 5.74) is 3.90. The normalized spacial score (nSPS) is 17.4. The topological polar surface area (TPSA) is 3.24 Å². The van der Waals surface area contributed by atoms with Gasteiger partial charge in [0.1, 0.15) is 0 Å². The molecule has 1 aliphatic heterocycles. The van der Waals surface area contributed by atoms with Gasteiger partial charge < -0.3 is 4.90 Å². The Labute approximate surface area is 88.4 Å². The van der Waals surface area contributed by atoms with E-state index < -0.39 is 0 Å². The smallest absolute Gasteiger partial charge is 0.0967 e. The van der Waals surface area contributed by atoms with Crippen molar-refractivity contribution in [3.8, 4) is 0 Å². The van der Waals surface area contributed by atoms with Gasteiger partial charge in [0.25, 0.3) is 0 Å². The Morgan fingerprint density at radius 1 is 1.73 bits per heavy atom. The van der Waals surface area contributed by atoms with Crippen LogP contribution >= 0.6 is 38.5 Å². The first-order valence-corrected chi connectivity index (χ1v) is 4.90. The molecule has 0 saturated heterocycles. The molecule has 1 aliphatic rings. The second kappa shape index (κ2) is 3.61. The Kier molecular flexibility index (Phi) is 2.98. The van der Waals surface area contributed by atoms with E-state index in [1.54, 1.807) is 0 Å². The number of rotatable bonds is 0. The van der Waals surface area contributed by atoms with E-state index in [1.807, 2.05) is 24.2 Å². The van der Waals surface area contributed by atoms with Gasteiger partial charge in [0.15, 0.2) is 0 Å². The van der Waals surface area contributed by atoms with E-state index >= 15 is 0 Å². The Morgan fingerprint density at radius 2 is 2.36 bits per heavy atom. The summed E-state index contributed by atoms with van der Waals surface area (Å²) in [7, 11) is 1.97. The van der Waals surface area contributed by atoms with Crippen molar-refractivity contribution in [2.24, 2.45) is 0 Å². The SMILES string of the molecule is C=C=C1C(I)=CC(Br)=CN1C. The molecule has 0 aromatic carbocycles. The van der Waals surface area contributed by atoms with Crippen LogP contribution in [-0.2, 0) is 0 Å². The van der Waals surface area contributed by atoms with Crippen molar-refractivity contribution in [2.45, 2.75) is 0 Å². The lowest BCUT2D eigenvalue weighted by molar-refractivity contribution is 0.583. The van der Waals surface area contributed by atoms with Crippen molar-refractivity contribution in [3.05, 3.63) is 38.3 Å². The van der Waals surface area contributed by atoms with Gasteiger partial charge in [-0.2, -0.15) is 0 Å². The van der Waals surface area contributed by atoms with Crippen molar-refractivity contribution < 1.29 is 0 Å². The molecule has 0 spiro atoms. The fourth-order valence-corrected chi connectivity index (χ4v) is 2.72. The minimum Gasteiger partial charge on any atom is -0.343 e. The minimum atomic E-state index is 1.02. The molecule has 0 fully saturated rings. The average Bonchev–Trinajstić information content (AvgIpc) is 1.85. The summed E-state index contributed by atoms with van der Waals surface area (Å²) in [6, 6.07) is 0. The van der Waals surface area contributed by atoms with Crippen molar-refractivity contribution >= 4 is 38.5 Å². The average molecular weight is 324 g/mol. The molecule has 1 rings (SSSR count). The molecule has 0 aromatic rings. The summed E-state index contributed by atoms with van der Waals surface area (Å²) in [6.45, 7) is 3.62. The Balaban J connectivity index is 3.10. The van der Waals surface area contributed by atoms with Crippen LogP contribution in [0, 0.1) is 0 Å². The molecule has 0 saturated carbocycles. The molecule has 11 heavy (non-hydrogen) atoms. The predicted molar refractivity (Wildman–Crippen MR) is 59.5 cm³/mol. The van der Waals surface area contributed by atoms with E-state index in [-0.39, 0.29) is 0 Å². The maximum absolute atomic E-state index is 3.62. The van der Waals surface area contributed by atoms with Crippen LogP contribution in [0.25, 0.3) is 0 Å². The molecule has 3 heteroatoms. The molecule has 0 atom stereocenters. The first-order valence-electron chi connectivity index (χ1n) is 3.03. The van der Waals surface area contributed by atoms with Gasteiger partial charge in [-0.15, -0.1) is 5.73 Å². The first-order chi connectivity index (χ1) is 5.15. The zero-order valence-corrected chi connectivity index (χ0v) is 9.81. The third-order valence-corrected chi connectivity index (χ3v) is 2.58.